The first-order valence-electron chi connectivity index (χ1n) is 8.17. The average Bonchev–Trinajstić information content (AvgIpc) is 3.05. The number of nitrogens with two attached hydrogens (primary N) is 1. The fourth-order valence-corrected chi connectivity index (χ4v) is 3.72. The maximum absolute atomic E-state index is 13.4. The summed E-state index contributed by atoms with van der Waals surface area (Å²) >= 11 is 0. The van der Waals surface area contributed by atoms with E-state index in [9.17, 15) is 14.0 Å². The first kappa shape index (κ1) is 16.5. The Morgan fingerprint density at radius 3 is 2.08 bits per heavy atom. The Morgan fingerprint density at radius 2 is 1.50 bits per heavy atom. The molecule has 132 valence electrons. The van der Waals surface area contributed by atoms with Crippen molar-refractivity contribution in [2.24, 2.45) is 11.7 Å². The molecule has 2 aromatic rings. The minimum Gasteiger partial charge on any atom is -0.458 e. The van der Waals surface area contributed by atoms with Crippen LogP contribution in [0.5, 0.6) is 0 Å². The number of halogens is 2. The summed E-state index contributed by atoms with van der Waals surface area (Å²) in [5.74, 6) is -1.25. The number of nitrogens with one attached hydrogen (secondary N) is 2. The lowest BCUT2D eigenvalue weighted by Gasteiger charge is -2.35. The van der Waals surface area contributed by atoms with Crippen LogP contribution in [-0.2, 0) is 4.74 Å². The van der Waals surface area contributed by atoms with Gasteiger partial charge in [-0.3, -0.25) is 0 Å². The zero-order valence-corrected chi connectivity index (χ0v) is 13.6. The van der Waals surface area contributed by atoms with Crippen molar-refractivity contribution in [1.82, 2.24) is 10.9 Å². The highest BCUT2D eigenvalue weighted by Gasteiger charge is 2.49. The summed E-state index contributed by atoms with van der Waals surface area (Å²) in [7, 11) is 0. The first-order chi connectivity index (χ1) is 12.6. The van der Waals surface area contributed by atoms with Crippen LogP contribution in [0.15, 0.2) is 60.0 Å². The molecule has 2 aliphatic rings. The Morgan fingerprint density at radius 1 is 0.923 bits per heavy atom. The molecule has 1 saturated heterocycles. The van der Waals surface area contributed by atoms with Gasteiger partial charge in [0.1, 0.15) is 17.7 Å². The Balaban J connectivity index is 1.80. The molecule has 0 aromatic heterocycles. The maximum atomic E-state index is 13.4. The molecule has 2 heterocycles. The van der Waals surface area contributed by atoms with Crippen LogP contribution in [0.2, 0.25) is 0 Å². The van der Waals surface area contributed by atoms with Gasteiger partial charge in [0.15, 0.2) is 6.23 Å². The summed E-state index contributed by atoms with van der Waals surface area (Å²) in [6.07, 6.45) is -0.475. The van der Waals surface area contributed by atoms with E-state index in [-0.39, 0.29) is 29.5 Å². The van der Waals surface area contributed by atoms with Crippen LogP contribution in [0.4, 0.5) is 8.78 Å². The van der Waals surface area contributed by atoms with E-state index in [0.29, 0.717) is 5.57 Å². The number of nitrogens with zero attached hydrogens (tertiary/aromatic N) is 1. The summed E-state index contributed by atoms with van der Waals surface area (Å²) in [4.78, 5) is 0. The van der Waals surface area contributed by atoms with Gasteiger partial charge in [-0.2, -0.15) is 5.26 Å². The predicted molar refractivity (Wildman–Crippen MR) is 89.7 cm³/mol. The average molecular weight is 354 g/mol. The second-order valence-corrected chi connectivity index (χ2v) is 6.35. The number of benzene rings is 2. The molecule has 4 atom stereocenters. The van der Waals surface area contributed by atoms with Gasteiger partial charge in [-0.05, 0) is 35.4 Å². The van der Waals surface area contributed by atoms with Gasteiger partial charge < -0.3 is 10.5 Å². The molecule has 1 fully saturated rings. The lowest BCUT2D eigenvalue weighted by molar-refractivity contribution is 0.0340. The molecule has 5 nitrogen and oxygen atoms in total. The zero-order valence-electron chi connectivity index (χ0n) is 13.6. The Kier molecular flexibility index (Phi) is 4.07. The molecule has 0 radical (unpaired) electrons. The van der Waals surface area contributed by atoms with Crippen LogP contribution < -0.4 is 16.6 Å². The maximum Gasteiger partial charge on any atom is 0.200 e. The van der Waals surface area contributed by atoms with E-state index in [1.54, 1.807) is 24.3 Å². The van der Waals surface area contributed by atoms with Crippen molar-refractivity contribution in [3.8, 4) is 6.07 Å². The monoisotopic (exact) mass is 354 g/mol. The van der Waals surface area contributed by atoms with Crippen molar-refractivity contribution < 1.29 is 13.5 Å². The van der Waals surface area contributed by atoms with Crippen molar-refractivity contribution in [1.29, 1.82) is 5.26 Å². The second-order valence-electron chi connectivity index (χ2n) is 6.35. The summed E-state index contributed by atoms with van der Waals surface area (Å²) in [5, 5.41) is 9.63. The highest BCUT2D eigenvalue weighted by atomic mass is 19.1. The lowest BCUT2D eigenvalue weighted by Crippen LogP contribution is -2.40. The third kappa shape index (κ3) is 2.69. The number of nitriles is 1. The number of ether oxygens (including phenoxy) is 1. The minimum absolute atomic E-state index is 0.0529. The van der Waals surface area contributed by atoms with Gasteiger partial charge in [0.05, 0.1) is 11.6 Å². The van der Waals surface area contributed by atoms with E-state index in [1.807, 2.05) is 0 Å². The van der Waals surface area contributed by atoms with Crippen molar-refractivity contribution in [3.63, 3.8) is 0 Å². The fourth-order valence-electron chi connectivity index (χ4n) is 3.72. The third-order valence-corrected chi connectivity index (χ3v) is 4.91. The van der Waals surface area contributed by atoms with Crippen molar-refractivity contribution >= 4 is 0 Å². The molecule has 0 amide bonds. The summed E-state index contributed by atoms with van der Waals surface area (Å²) in [6.45, 7) is 0. The topological polar surface area (TPSA) is 83.1 Å². The van der Waals surface area contributed by atoms with Crippen molar-refractivity contribution in [3.05, 3.63) is 82.7 Å². The van der Waals surface area contributed by atoms with Crippen LogP contribution in [-0.4, -0.2) is 6.23 Å². The van der Waals surface area contributed by atoms with E-state index in [0.717, 1.165) is 11.1 Å². The molecular formula is C19H16F2N4O. The van der Waals surface area contributed by atoms with E-state index in [2.05, 4.69) is 16.9 Å². The normalized spacial score (nSPS) is 27.6. The third-order valence-electron chi connectivity index (χ3n) is 4.91. The highest BCUT2D eigenvalue weighted by Crippen LogP contribution is 2.47. The van der Waals surface area contributed by atoms with E-state index in [1.165, 1.54) is 24.3 Å². The number of hydrazine groups is 1. The molecule has 7 heteroatoms. The molecule has 2 aromatic carbocycles. The molecule has 2 aliphatic heterocycles. The molecule has 4 N–H and O–H groups in total. The van der Waals surface area contributed by atoms with Gasteiger partial charge >= 0.3 is 0 Å². The number of fused-ring (bicyclic) bond motifs is 1. The van der Waals surface area contributed by atoms with Crippen LogP contribution in [0, 0.1) is 28.9 Å². The smallest absolute Gasteiger partial charge is 0.200 e. The van der Waals surface area contributed by atoms with Crippen LogP contribution in [0.3, 0.4) is 0 Å². The molecule has 0 bridgehead atoms. The van der Waals surface area contributed by atoms with Crippen molar-refractivity contribution in [2.45, 2.75) is 18.2 Å². The van der Waals surface area contributed by atoms with Crippen LogP contribution in [0.25, 0.3) is 0 Å². The van der Waals surface area contributed by atoms with E-state index < -0.39 is 12.1 Å². The van der Waals surface area contributed by atoms with Crippen LogP contribution >= 0.6 is 0 Å². The number of allylic oxidation sites excluding steroid dienone is 1. The number of hydrogen-bond acceptors (Lipinski definition) is 5. The van der Waals surface area contributed by atoms with Crippen LogP contribution in [0.1, 0.15) is 23.1 Å². The van der Waals surface area contributed by atoms with Gasteiger partial charge in [-0.15, -0.1) is 0 Å². The largest absolute Gasteiger partial charge is 0.458 e. The molecule has 26 heavy (non-hydrogen) atoms. The molecule has 0 saturated carbocycles. The molecule has 4 rings (SSSR count). The molecule has 0 spiro atoms. The van der Waals surface area contributed by atoms with Gasteiger partial charge in [0.2, 0.25) is 5.88 Å². The fraction of sp³-hybridized carbons (Fsp3) is 0.211. The SMILES string of the molecule is N#CC1=C(N)OC2NNC(c3ccc(F)cc3)C2C1c1ccc(F)cc1. The molecule has 4 unspecified atom stereocenters. The standard InChI is InChI=1S/C19H16F2N4O/c20-12-5-1-10(2-6-12)15-14(9-22)18(23)26-19-16(15)17(24-25-19)11-3-7-13(21)8-4-11/h1-8,15-17,19,24-25H,23H2. The van der Waals surface area contributed by atoms with Gasteiger partial charge in [-0.1, -0.05) is 24.3 Å². The Bertz CT molecular complexity index is 889. The summed E-state index contributed by atoms with van der Waals surface area (Å²) in [5.41, 5.74) is 14.1. The second kappa shape index (κ2) is 6.41. The summed E-state index contributed by atoms with van der Waals surface area (Å²) < 4.78 is 32.3. The summed E-state index contributed by atoms with van der Waals surface area (Å²) in [6, 6.07) is 14.0. The van der Waals surface area contributed by atoms with Gasteiger partial charge in [0.25, 0.3) is 0 Å². The zero-order chi connectivity index (χ0) is 18.3. The Hall–Kier alpha value is -2.95. The van der Waals surface area contributed by atoms with Crippen molar-refractivity contribution in [2.75, 3.05) is 0 Å². The quantitative estimate of drug-likeness (QED) is 0.772. The van der Waals surface area contributed by atoms with E-state index >= 15 is 0 Å². The van der Waals surface area contributed by atoms with Gasteiger partial charge in [-0.25, -0.2) is 19.6 Å². The van der Waals surface area contributed by atoms with E-state index in [4.69, 9.17) is 10.5 Å². The number of hydrogen-bond donors (Lipinski definition) is 3. The lowest BCUT2D eigenvalue weighted by atomic mass is 9.74. The molecule has 0 aliphatic carbocycles. The Labute approximate surface area is 149 Å². The minimum atomic E-state index is -0.475. The first-order valence-corrected chi connectivity index (χ1v) is 8.17. The van der Waals surface area contributed by atoms with Gasteiger partial charge in [0, 0.05) is 11.8 Å². The highest BCUT2D eigenvalue weighted by molar-refractivity contribution is 5.42. The number of rotatable bonds is 2. The predicted octanol–water partition coefficient (Wildman–Crippen LogP) is 2.56. The molecular weight excluding hydrogens is 338 g/mol.